The van der Waals surface area contributed by atoms with Gasteiger partial charge < -0.3 is 43.3 Å². The van der Waals surface area contributed by atoms with Crippen molar-refractivity contribution in [3.8, 4) is 12.4 Å². The molecule has 3 aliphatic heterocycles. The van der Waals surface area contributed by atoms with Crippen LogP contribution < -0.4 is 83.9 Å². The van der Waals surface area contributed by atoms with Crippen molar-refractivity contribution in [2.24, 2.45) is 0 Å². The van der Waals surface area contributed by atoms with Crippen molar-refractivity contribution < 1.29 is 52.7 Å². The zero-order valence-electron chi connectivity index (χ0n) is 47.0. The summed E-state index contributed by atoms with van der Waals surface area (Å²) in [5.41, 5.74) is 7.98. The number of pyridine rings is 3. The Morgan fingerprint density at radius 3 is 1.24 bits per heavy atom. The number of anilines is 6. The molecule has 0 fully saturated rings. The average molecular weight is 1430 g/mol. The van der Waals surface area contributed by atoms with Gasteiger partial charge in [0.2, 0.25) is 11.9 Å². The second-order valence-corrected chi connectivity index (χ2v) is 22.5. The average Bonchev–Trinajstić information content (AvgIpc) is 1.62. The number of nitrogens with one attached hydrogen (secondary N) is 7. The summed E-state index contributed by atoms with van der Waals surface area (Å²) in [4.78, 5) is 98.2. The smallest absolute Gasteiger partial charge is 0.494 e. The molecule has 6 aromatic heterocycles. The second-order valence-electron chi connectivity index (χ2n) is 19.1. The number of carbonyl (C=O) groups is 3. The van der Waals surface area contributed by atoms with Crippen LogP contribution in [0.25, 0.3) is 5.73 Å². The fourth-order valence-electron chi connectivity index (χ4n) is 9.38. The molecule has 3 aromatic carbocycles. The Balaban J connectivity index is 0.000000180. The van der Waals surface area contributed by atoms with Gasteiger partial charge in [0.15, 0.2) is 6.19 Å². The fraction of sp³-hybridized carbons (Fsp3) is 0.107. The van der Waals surface area contributed by atoms with Crippen LogP contribution in [0, 0.1) is 34.8 Å². The first-order valence-electron chi connectivity index (χ1n) is 25.2. The Kier molecular flexibility index (Phi) is 22.2. The van der Waals surface area contributed by atoms with Crippen LogP contribution in [0.2, 0.25) is 30.1 Å². The summed E-state index contributed by atoms with van der Waals surface area (Å²) < 4.78 is 29.5. The van der Waals surface area contributed by atoms with E-state index in [0.29, 0.717) is 36.2 Å². The third kappa shape index (κ3) is 14.9. The fourth-order valence-corrected chi connectivity index (χ4v) is 11.3. The number of halogens is 9. The number of benzene rings is 3. The first-order valence-corrected chi connectivity index (χ1v) is 28.3. The van der Waals surface area contributed by atoms with Crippen LogP contribution in [0.1, 0.15) is 68.9 Å². The summed E-state index contributed by atoms with van der Waals surface area (Å²) in [7, 11) is 0. The van der Waals surface area contributed by atoms with Crippen LogP contribution in [-0.2, 0) is 17.0 Å². The predicted molar refractivity (Wildman–Crippen MR) is 336 cm³/mol. The predicted octanol–water partition coefficient (Wildman–Crippen LogP) is 7.44. The largest absolute Gasteiger partial charge is 1.00 e. The summed E-state index contributed by atoms with van der Waals surface area (Å²) >= 11 is 40.2. The molecule has 0 aliphatic carbocycles. The van der Waals surface area contributed by atoms with Gasteiger partial charge in [-0.3, -0.25) is 47.8 Å². The van der Waals surface area contributed by atoms with Gasteiger partial charge in [0.25, 0.3) is 34.4 Å². The van der Waals surface area contributed by atoms with Crippen molar-refractivity contribution in [2.45, 2.75) is 37.8 Å². The monoisotopic (exact) mass is 1420 g/mol. The van der Waals surface area contributed by atoms with Crippen molar-refractivity contribution >= 4 is 138 Å². The Labute approximate surface area is 573 Å². The number of amides is 3. The molecule has 0 spiro atoms. The molecule has 0 saturated heterocycles. The number of hydrogen-bond donors (Lipinski definition) is 7. The molecule has 3 unspecified atom stereocenters. The maximum absolute atomic E-state index is 13.4. The summed E-state index contributed by atoms with van der Waals surface area (Å²) in [6, 6.07) is 28.3. The molecule has 9 N–H and O–H groups in total. The minimum atomic E-state index is -1.22. The van der Waals surface area contributed by atoms with Crippen LogP contribution in [-0.4, -0.2) is 61.3 Å². The zero-order valence-corrected chi connectivity index (χ0v) is 55.1. The number of nitriles is 2. The number of nitrogens with two attached hydrogens (primary N) is 1. The van der Waals surface area contributed by atoms with Gasteiger partial charge in [0, 0.05) is 33.3 Å². The molecule has 91 heavy (non-hydrogen) atoms. The molecule has 9 aromatic rings. The van der Waals surface area contributed by atoms with Gasteiger partial charge in [-0.1, -0.05) is 112 Å². The normalized spacial score (nSPS) is 16.7. The Morgan fingerprint density at radius 1 is 0.527 bits per heavy atom. The van der Waals surface area contributed by atoms with Crippen LogP contribution in [0.15, 0.2) is 147 Å². The number of carbonyl (C=O) groups excluding carboxylic acids is 3. The second kappa shape index (κ2) is 29.0. The number of nitrogens with zero attached hydrogens (tertiary/aromatic N) is 11. The van der Waals surface area contributed by atoms with Gasteiger partial charge in [-0.2, -0.15) is 14.0 Å². The van der Waals surface area contributed by atoms with E-state index in [9.17, 15) is 37.5 Å². The minimum absolute atomic E-state index is 0. The van der Waals surface area contributed by atoms with E-state index in [-0.39, 0.29) is 102 Å². The first kappa shape index (κ1) is 69.7. The third-order valence-corrected chi connectivity index (χ3v) is 15.4. The SMILES string of the molecule is CC1(c2cccc(Cl)c2)NC(=O)c2c(Cl)cc(Br)c(=O)n21.CC1(c2cccc(Cl)c2)NC(=O)c2c(Cl)cc(Nc3cc(F)ncn3)c(=O)n21.CC1(c2cccc(Cl)c2)NC(=O)c2c(Cl)cc(Nc3cc(NC#N)ncn3)c(=O)n21.N#C[NH-].Nc1cc(F)ncn1.[Na+]. The van der Waals surface area contributed by atoms with Crippen LogP contribution >= 0.6 is 85.5 Å². The van der Waals surface area contributed by atoms with Gasteiger partial charge in [-0.15, -0.1) is 0 Å². The third-order valence-electron chi connectivity index (χ3n) is 13.3. The Hall–Kier alpha value is -8.78. The Morgan fingerprint density at radius 2 is 0.879 bits per heavy atom. The summed E-state index contributed by atoms with van der Waals surface area (Å²) in [5, 5.41) is 33.9. The molecular formula is C56H39BrCl6F2N19NaO6. The van der Waals surface area contributed by atoms with Crippen molar-refractivity contribution in [1.82, 2.24) is 59.6 Å². The van der Waals surface area contributed by atoms with E-state index < -0.39 is 57.7 Å². The molecule has 35 heteroatoms. The van der Waals surface area contributed by atoms with Gasteiger partial charge in [-0.25, -0.2) is 29.9 Å². The Bertz CT molecular complexity index is 4640. The van der Waals surface area contributed by atoms with E-state index in [1.807, 2.05) is 0 Å². The number of rotatable bonds is 8. The van der Waals surface area contributed by atoms with E-state index in [2.05, 4.69) is 77.7 Å². The van der Waals surface area contributed by atoms with E-state index in [0.717, 1.165) is 31.0 Å². The zero-order chi connectivity index (χ0) is 65.6. The molecular weight excluding hydrogens is 1390 g/mol. The molecule has 3 aliphatic rings. The number of aromatic nitrogens is 9. The molecule has 458 valence electrons. The summed E-state index contributed by atoms with van der Waals surface area (Å²) in [6.45, 7) is 5.09. The van der Waals surface area contributed by atoms with Gasteiger partial charge in [0.1, 0.15) is 87.7 Å². The molecule has 0 bridgehead atoms. The minimum Gasteiger partial charge on any atom is -0.494 e. The number of nitrogen functional groups attached to an aromatic ring is 1. The molecule has 0 radical (unpaired) electrons. The molecule has 25 nitrogen and oxygen atoms in total. The van der Waals surface area contributed by atoms with E-state index in [1.54, 1.807) is 99.8 Å². The molecule has 0 saturated carbocycles. The first-order chi connectivity index (χ1) is 42.7. The van der Waals surface area contributed by atoms with E-state index in [1.165, 1.54) is 44.3 Å². The van der Waals surface area contributed by atoms with Crippen molar-refractivity contribution in [3.63, 3.8) is 0 Å². The molecule has 3 atom stereocenters. The van der Waals surface area contributed by atoms with Crippen molar-refractivity contribution in [3.05, 3.63) is 245 Å². The van der Waals surface area contributed by atoms with Crippen LogP contribution in [0.3, 0.4) is 0 Å². The summed E-state index contributed by atoms with van der Waals surface area (Å²) in [6.07, 6.45) is 6.08. The summed E-state index contributed by atoms with van der Waals surface area (Å²) in [5.74, 6) is -1.99. The van der Waals surface area contributed by atoms with Crippen molar-refractivity contribution in [2.75, 3.05) is 21.7 Å². The van der Waals surface area contributed by atoms with E-state index >= 15 is 0 Å². The maximum atomic E-state index is 13.4. The van der Waals surface area contributed by atoms with Crippen LogP contribution in [0.4, 0.5) is 43.4 Å². The van der Waals surface area contributed by atoms with Gasteiger partial charge in [0.05, 0.1) is 19.5 Å². The molecule has 12 rings (SSSR count). The van der Waals surface area contributed by atoms with Crippen LogP contribution in [0.5, 0.6) is 0 Å². The topological polar surface area (TPSA) is 364 Å². The standard InChI is InChI=1S/C19H13Cl2N7O2.C18H12Cl2FN5O2.C14H9BrCl2N2O2.C4H4FN3.CHN2.Na/c1-19(10-3-2-4-11(20)5-10)27-17(29)16-12(21)6-13(18(30)28(16)19)26-15-7-14(23-8-22)24-9-25-15;1-18(9-3-2-4-10(19)5-9)25-16(27)15-11(20)6-12(17(28)26(15)18)24-14-7-13(21)22-8-23-14;1-14(7-3-2-4-8(16)5-7)18-12(20)11-10(17)6-9(15)13(21)19(11)14;5-3-1-4(6)8-2-7-3;2-1-3;/h2-7,9H,1H3,(H,27,29)(H2,23,24,25,26);2-8H,1H3,(H,25,27)(H,22,23,24);2-6H,1H3,(H,18,20);1-2H,(H2,6,7,8);2H;/q;;;;-1;+1. The molecule has 9 heterocycles. The number of hydrogen-bond acceptors (Lipinski definition) is 18. The van der Waals surface area contributed by atoms with Gasteiger partial charge >= 0.3 is 29.6 Å². The quantitative estimate of drug-likeness (QED) is 0.0336. The van der Waals surface area contributed by atoms with Gasteiger partial charge in [-0.05, 0) is 108 Å². The maximum Gasteiger partial charge on any atom is 1.00 e. The van der Waals surface area contributed by atoms with E-state index in [4.69, 9.17) is 91.6 Å². The number of fused-ring (bicyclic) bond motifs is 3. The molecule has 3 amide bonds. The van der Waals surface area contributed by atoms with Crippen molar-refractivity contribution in [1.29, 1.82) is 10.5 Å².